The van der Waals surface area contributed by atoms with Gasteiger partial charge in [0.05, 0.1) is 17.2 Å². The van der Waals surface area contributed by atoms with E-state index >= 15 is 0 Å². The maximum Gasteiger partial charge on any atom is 0.417 e. The van der Waals surface area contributed by atoms with Gasteiger partial charge in [0.1, 0.15) is 5.54 Å². The number of hydrogen-bond donors (Lipinski definition) is 1. The number of thiol groups is 1. The van der Waals surface area contributed by atoms with Gasteiger partial charge in [0.2, 0.25) is 0 Å². The number of halogens is 3. The number of aryl methyl sites for hydroxylation is 1. The highest BCUT2D eigenvalue weighted by molar-refractivity contribution is 7.81. The van der Waals surface area contributed by atoms with Crippen molar-refractivity contribution in [2.45, 2.75) is 43.4 Å². The number of amides is 1. The lowest BCUT2D eigenvalue weighted by molar-refractivity contribution is -0.137. The highest BCUT2D eigenvalue weighted by Gasteiger charge is 2.60. The van der Waals surface area contributed by atoms with Crippen molar-refractivity contribution in [2.24, 2.45) is 0 Å². The number of carbonyl (C=O) groups excluding carboxylic acids is 1. The van der Waals surface area contributed by atoms with Gasteiger partial charge >= 0.3 is 6.18 Å². The van der Waals surface area contributed by atoms with Crippen LogP contribution in [0.5, 0.6) is 0 Å². The van der Waals surface area contributed by atoms with E-state index in [0.29, 0.717) is 12.8 Å². The van der Waals surface area contributed by atoms with Crippen molar-refractivity contribution in [1.29, 1.82) is 5.26 Å². The lowest BCUT2D eigenvalue weighted by atomic mass is 9.75. The zero-order valence-corrected chi connectivity index (χ0v) is 16.5. The number of anilines is 2. The average Bonchev–Trinajstić information content (AvgIpc) is 2.88. The molecule has 0 radical (unpaired) electrons. The van der Waals surface area contributed by atoms with Crippen LogP contribution in [-0.4, -0.2) is 16.9 Å². The molecule has 1 saturated heterocycles. The molecule has 1 saturated carbocycles. The molecule has 1 unspecified atom stereocenters. The van der Waals surface area contributed by atoms with Crippen molar-refractivity contribution >= 4 is 29.9 Å². The third-order valence-electron chi connectivity index (χ3n) is 5.74. The molecule has 0 aromatic heterocycles. The lowest BCUT2D eigenvalue weighted by Gasteiger charge is -2.44. The van der Waals surface area contributed by atoms with Crippen LogP contribution in [0, 0.1) is 18.3 Å². The lowest BCUT2D eigenvalue weighted by Crippen LogP contribution is -2.55. The summed E-state index contributed by atoms with van der Waals surface area (Å²) >= 11 is 4.63. The molecule has 2 aliphatic rings. The van der Waals surface area contributed by atoms with E-state index in [-0.39, 0.29) is 11.6 Å². The van der Waals surface area contributed by atoms with E-state index in [1.165, 1.54) is 11.0 Å². The van der Waals surface area contributed by atoms with Crippen molar-refractivity contribution < 1.29 is 18.0 Å². The standard InChI is InChI=1S/C21H18F3N3OS/c1-13-3-6-15(7-4-13)27-19(29)26(18(28)20(27)9-2-10-20)16-8-5-14(12-25)17(11-16)21(22,23)24/h3-8,11,19,29H,2,9-10H2,1H3. The Hall–Kier alpha value is -2.66. The number of nitrogens with zero attached hydrogens (tertiary/aromatic N) is 3. The SMILES string of the molecule is Cc1ccc(N2C(S)N(c3ccc(C#N)c(C(F)(F)F)c3)C(=O)C23CCC3)cc1. The normalized spacial score (nSPS) is 20.7. The highest BCUT2D eigenvalue weighted by atomic mass is 32.1. The Morgan fingerprint density at radius 2 is 1.76 bits per heavy atom. The van der Waals surface area contributed by atoms with Crippen LogP contribution in [0.3, 0.4) is 0 Å². The van der Waals surface area contributed by atoms with Gasteiger partial charge in [-0.1, -0.05) is 17.7 Å². The van der Waals surface area contributed by atoms with Crippen LogP contribution < -0.4 is 9.80 Å². The predicted octanol–water partition coefficient (Wildman–Crippen LogP) is 4.87. The van der Waals surface area contributed by atoms with Gasteiger partial charge in [0, 0.05) is 11.4 Å². The summed E-state index contributed by atoms with van der Waals surface area (Å²) in [6, 6.07) is 12.6. The van der Waals surface area contributed by atoms with Gasteiger partial charge in [-0.05, 0) is 56.5 Å². The maximum absolute atomic E-state index is 13.4. The molecule has 8 heteroatoms. The molecule has 29 heavy (non-hydrogen) atoms. The summed E-state index contributed by atoms with van der Waals surface area (Å²) < 4.78 is 40.3. The Balaban J connectivity index is 1.81. The summed E-state index contributed by atoms with van der Waals surface area (Å²) in [6.07, 6.45) is -2.59. The van der Waals surface area contributed by atoms with Crippen LogP contribution in [0.2, 0.25) is 0 Å². The van der Waals surface area contributed by atoms with Gasteiger partial charge in [-0.2, -0.15) is 18.4 Å². The zero-order valence-electron chi connectivity index (χ0n) is 15.6. The number of alkyl halides is 3. The molecule has 1 aliphatic heterocycles. The first-order chi connectivity index (χ1) is 13.7. The number of benzene rings is 2. The average molecular weight is 417 g/mol. The second-order valence-electron chi connectivity index (χ2n) is 7.45. The first-order valence-electron chi connectivity index (χ1n) is 9.18. The van der Waals surface area contributed by atoms with Crippen LogP contribution in [0.4, 0.5) is 24.5 Å². The van der Waals surface area contributed by atoms with E-state index in [2.05, 4.69) is 12.6 Å². The maximum atomic E-state index is 13.4. The fourth-order valence-electron chi connectivity index (χ4n) is 4.09. The quantitative estimate of drug-likeness (QED) is 0.709. The first kappa shape index (κ1) is 19.6. The van der Waals surface area contributed by atoms with Crippen LogP contribution in [-0.2, 0) is 11.0 Å². The molecule has 1 heterocycles. The summed E-state index contributed by atoms with van der Waals surface area (Å²) in [5.74, 6) is -0.262. The van der Waals surface area contributed by atoms with Crippen LogP contribution in [0.25, 0.3) is 0 Å². The minimum absolute atomic E-state index is 0.0854. The van der Waals surface area contributed by atoms with E-state index < -0.39 is 28.3 Å². The third-order valence-corrected chi connectivity index (χ3v) is 6.20. The van der Waals surface area contributed by atoms with Gasteiger partial charge in [-0.3, -0.25) is 9.69 Å². The third kappa shape index (κ3) is 2.96. The fourth-order valence-corrected chi connectivity index (χ4v) is 4.68. The molecule has 1 aliphatic carbocycles. The van der Waals surface area contributed by atoms with Gasteiger partial charge in [0.25, 0.3) is 5.91 Å². The fraction of sp³-hybridized carbons (Fsp3) is 0.333. The minimum atomic E-state index is -4.69. The summed E-state index contributed by atoms with van der Waals surface area (Å²) in [7, 11) is 0. The van der Waals surface area contributed by atoms with Gasteiger partial charge in [0.15, 0.2) is 5.50 Å². The summed E-state index contributed by atoms with van der Waals surface area (Å²) in [6.45, 7) is 1.96. The Labute approximate surface area is 171 Å². The smallest absolute Gasteiger partial charge is 0.328 e. The molecule has 150 valence electrons. The molecule has 2 fully saturated rings. The van der Waals surface area contributed by atoms with Gasteiger partial charge < -0.3 is 4.90 Å². The van der Waals surface area contributed by atoms with Crippen molar-refractivity contribution in [1.82, 2.24) is 0 Å². The monoisotopic (exact) mass is 417 g/mol. The number of carbonyl (C=O) groups is 1. The molecule has 4 nitrogen and oxygen atoms in total. The molecule has 4 rings (SSSR count). The summed E-state index contributed by atoms with van der Waals surface area (Å²) in [4.78, 5) is 16.6. The van der Waals surface area contributed by atoms with Gasteiger partial charge in [-0.25, -0.2) is 0 Å². The van der Waals surface area contributed by atoms with Crippen molar-refractivity contribution in [3.63, 3.8) is 0 Å². The van der Waals surface area contributed by atoms with Crippen molar-refractivity contribution in [3.05, 3.63) is 59.2 Å². The number of hydrogen-bond acceptors (Lipinski definition) is 4. The Kier molecular flexibility index (Phi) is 4.54. The van der Waals surface area contributed by atoms with Crippen LogP contribution in [0.15, 0.2) is 42.5 Å². The van der Waals surface area contributed by atoms with E-state index in [4.69, 9.17) is 5.26 Å². The Morgan fingerprint density at radius 3 is 2.28 bits per heavy atom. The number of rotatable bonds is 2. The molecular formula is C21H18F3N3OS. The van der Waals surface area contributed by atoms with E-state index in [0.717, 1.165) is 29.8 Å². The van der Waals surface area contributed by atoms with Crippen molar-refractivity contribution in [2.75, 3.05) is 9.80 Å². The van der Waals surface area contributed by atoms with E-state index in [9.17, 15) is 18.0 Å². The Bertz CT molecular complexity index is 1010. The zero-order chi connectivity index (χ0) is 21.0. The molecule has 2 aromatic rings. The van der Waals surface area contributed by atoms with Crippen LogP contribution >= 0.6 is 12.6 Å². The Morgan fingerprint density at radius 1 is 1.14 bits per heavy atom. The molecule has 1 atom stereocenters. The second-order valence-corrected chi connectivity index (χ2v) is 7.91. The number of nitriles is 1. The summed E-state index contributed by atoms with van der Waals surface area (Å²) in [5, 5.41) is 9.03. The molecule has 0 N–H and O–H groups in total. The first-order valence-corrected chi connectivity index (χ1v) is 9.70. The van der Waals surface area contributed by atoms with Gasteiger partial charge in [-0.15, -0.1) is 12.6 Å². The van der Waals surface area contributed by atoms with E-state index in [1.807, 2.05) is 36.1 Å². The second kappa shape index (κ2) is 6.70. The summed E-state index contributed by atoms with van der Waals surface area (Å²) in [5.41, 5.74) is -1.12. The largest absolute Gasteiger partial charge is 0.417 e. The molecule has 2 aromatic carbocycles. The molecular weight excluding hydrogens is 399 g/mol. The minimum Gasteiger partial charge on any atom is -0.328 e. The highest BCUT2D eigenvalue weighted by Crippen LogP contribution is 2.50. The van der Waals surface area contributed by atoms with E-state index in [1.54, 1.807) is 6.07 Å². The molecule has 1 spiro atoms. The molecule has 0 bridgehead atoms. The van der Waals surface area contributed by atoms with Crippen LogP contribution in [0.1, 0.15) is 36.0 Å². The molecule has 1 amide bonds. The van der Waals surface area contributed by atoms with Crippen molar-refractivity contribution in [3.8, 4) is 6.07 Å². The topological polar surface area (TPSA) is 47.3 Å². The predicted molar refractivity (Wildman–Crippen MR) is 107 cm³/mol.